The van der Waals surface area contributed by atoms with Crippen LogP contribution in [0.5, 0.6) is 0 Å². The molecule has 0 aromatic heterocycles. The zero-order valence-corrected chi connectivity index (χ0v) is 12.0. The normalized spacial score (nSPS) is 9.95. The van der Waals surface area contributed by atoms with Crippen LogP contribution in [0.2, 0.25) is 0 Å². The molecule has 0 aliphatic rings. The Kier molecular flexibility index (Phi) is 6.30. The molecule has 1 aromatic carbocycles. The lowest BCUT2D eigenvalue weighted by Gasteiger charge is -2.22. The van der Waals surface area contributed by atoms with Gasteiger partial charge in [-0.25, -0.2) is 0 Å². The number of benzene rings is 1. The lowest BCUT2D eigenvalue weighted by molar-refractivity contribution is -0.384. The predicted octanol–water partition coefficient (Wildman–Crippen LogP) is 1.91. The van der Waals surface area contributed by atoms with Crippen LogP contribution in [-0.2, 0) is 4.74 Å². The van der Waals surface area contributed by atoms with E-state index >= 15 is 0 Å². The van der Waals surface area contributed by atoms with Crippen molar-refractivity contribution in [3.8, 4) is 6.07 Å². The third-order valence-electron chi connectivity index (χ3n) is 3.01. The minimum Gasteiger partial charge on any atom is -0.383 e. The van der Waals surface area contributed by atoms with E-state index in [0.29, 0.717) is 18.7 Å². The summed E-state index contributed by atoms with van der Waals surface area (Å²) in [5.41, 5.74) is 0.805. The molecule has 1 aromatic rings. The highest BCUT2D eigenvalue weighted by Crippen LogP contribution is 2.19. The lowest BCUT2D eigenvalue weighted by Crippen LogP contribution is -2.35. The summed E-state index contributed by atoms with van der Waals surface area (Å²) in [6, 6.07) is 6.16. The standard InChI is InChI=1S/C14H17N3O4/c1-11-4-5-12(17(19)20)10-13(11)14(18)16(7-3-6-15)8-9-21-2/h4-5,10H,3,7-9H2,1-2H3. The molecule has 0 heterocycles. The number of carbonyl (C=O) groups is 1. The highest BCUT2D eigenvalue weighted by atomic mass is 16.6. The van der Waals surface area contributed by atoms with E-state index in [9.17, 15) is 14.9 Å². The van der Waals surface area contributed by atoms with Gasteiger partial charge in [-0.2, -0.15) is 5.26 Å². The van der Waals surface area contributed by atoms with Crippen LogP contribution in [0.3, 0.4) is 0 Å². The Balaban J connectivity index is 3.04. The maximum atomic E-state index is 12.5. The van der Waals surface area contributed by atoms with E-state index < -0.39 is 4.92 Å². The zero-order chi connectivity index (χ0) is 15.8. The van der Waals surface area contributed by atoms with Gasteiger partial charge in [-0.15, -0.1) is 0 Å². The summed E-state index contributed by atoms with van der Waals surface area (Å²) >= 11 is 0. The van der Waals surface area contributed by atoms with E-state index in [2.05, 4.69) is 0 Å². The summed E-state index contributed by atoms with van der Waals surface area (Å²) in [7, 11) is 1.52. The molecule has 0 atom stereocenters. The van der Waals surface area contributed by atoms with Gasteiger partial charge in [0.25, 0.3) is 11.6 Å². The van der Waals surface area contributed by atoms with Gasteiger partial charge in [0.2, 0.25) is 0 Å². The number of amides is 1. The molecule has 0 radical (unpaired) electrons. The van der Waals surface area contributed by atoms with E-state index in [1.807, 2.05) is 6.07 Å². The minimum atomic E-state index is -0.537. The number of nitro benzene ring substituents is 1. The fourth-order valence-electron chi connectivity index (χ4n) is 1.83. The number of rotatable bonds is 7. The number of methoxy groups -OCH3 is 1. The first kappa shape index (κ1) is 16.6. The molecular formula is C14H17N3O4. The molecule has 0 unspecified atom stereocenters. The SMILES string of the molecule is COCCN(CCC#N)C(=O)c1cc([N+](=O)[O-])ccc1C. The molecule has 0 N–H and O–H groups in total. The van der Waals surface area contributed by atoms with Gasteiger partial charge in [-0.1, -0.05) is 6.07 Å². The number of carbonyl (C=O) groups excluding carboxylic acids is 1. The Morgan fingerprint density at radius 2 is 2.19 bits per heavy atom. The van der Waals surface area contributed by atoms with E-state index in [0.717, 1.165) is 0 Å². The van der Waals surface area contributed by atoms with Gasteiger partial charge in [0.15, 0.2) is 0 Å². The topological polar surface area (TPSA) is 96.5 Å². The summed E-state index contributed by atoms with van der Waals surface area (Å²) in [4.78, 5) is 24.2. The smallest absolute Gasteiger partial charge is 0.270 e. The van der Waals surface area contributed by atoms with Crippen LogP contribution in [0.4, 0.5) is 5.69 Å². The Labute approximate surface area is 122 Å². The maximum Gasteiger partial charge on any atom is 0.270 e. The van der Waals surface area contributed by atoms with Gasteiger partial charge < -0.3 is 9.64 Å². The molecule has 0 saturated heterocycles. The van der Waals surface area contributed by atoms with Gasteiger partial charge in [-0.05, 0) is 12.5 Å². The van der Waals surface area contributed by atoms with Crippen molar-refractivity contribution in [1.82, 2.24) is 4.90 Å². The number of nitrogens with zero attached hydrogens (tertiary/aromatic N) is 3. The number of nitriles is 1. The Morgan fingerprint density at radius 3 is 2.76 bits per heavy atom. The van der Waals surface area contributed by atoms with Gasteiger partial charge in [0.05, 0.1) is 24.0 Å². The van der Waals surface area contributed by atoms with Crippen LogP contribution in [-0.4, -0.2) is 42.5 Å². The van der Waals surface area contributed by atoms with Gasteiger partial charge in [0, 0.05) is 37.9 Å². The molecule has 21 heavy (non-hydrogen) atoms. The van der Waals surface area contributed by atoms with Crippen molar-refractivity contribution in [3.05, 3.63) is 39.4 Å². The van der Waals surface area contributed by atoms with Crippen LogP contribution in [0, 0.1) is 28.4 Å². The number of non-ortho nitro benzene ring substituents is 1. The Morgan fingerprint density at radius 1 is 1.48 bits per heavy atom. The maximum absolute atomic E-state index is 12.5. The number of aryl methyl sites for hydroxylation is 1. The first-order chi connectivity index (χ1) is 10.0. The molecule has 0 aliphatic carbocycles. The van der Waals surface area contributed by atoms with Crippen molar-refractivity contribution in [2.75, 3.05) is 26.8 Å². The number of nitro groups is 1. The van der Waals surface area contributed by atoms with Crippen LogP contribution in [0.25, 0.3) is 0 Å². The average molecular weight is 291 g/mol. The Bertz CT molecular complexity index is 566. The van der Waals surface area contributed by atoms with Gasteiger partial charge >= 0.3 is 0 Å². The number of hydrogen-bond acceptors (Lipinski definition) is 5. The summed E-state index contributed by atoms with van der Waals surface area (Å²) < 4.78 is 4.95. The third-order valence-corrected chi connectivity index (χ3v) is 3.01. The second-order valence-electron chi connectivity index (χ2n) is 4.45. The second kappa shape index (κ2) is 7.97. The largest absolute Gasteiger partial charge is 0.383 e. The molecule has 0 aliphatic heterocycles. The van der Waals surface area contributed by atoms with Crippen molar-refractivity contribution in [2.45, 2.75) is 13.3 Å². The highest BCUT2D eigenvalue weighted by molar-refractivity contribution is 5.96. The van der Waals surface area contributed by atoms with E-state index in [-0.39, 0.29) is 30.1 Å². The molecule has 112 valence electrons. The first-order valence-electron chi connectivity index (χ1n) is 6.41. The van der Waals surface area contributed by atoms with Crippen molar-refractivity contribution >= 4 is 11.6 Å². The molecule has 1 rings (SSSR count). The summed E-state index contributed by atoms with van der Waals surface area (Å²) in [6.45, 7) is 2.65. The van der Waals surface area contributed by atoms with Gasteiger partial charge in [0.1, 0.15) is 0 Å². The minimum absolute atomic E-state index is 0.129. The quantitative estimate of drug-likeness (QED) is 0.564. The summed E-state index contributed by atoms with van der Waals surface area (Å²) in [6.07, 6.45) is 0.198. The molecule has 7 nitrogen and oxygen atoms in total. The van der Waals surface area contributed by atoms with Crippen LogP contribution in [0.1, 0.15) is 22.3 Å². The highest BCUT2D eigenvalue weighted by Gasteiger charge is 2.20. The fraction of sp³-hybridized carbons (Fsp3) is 0.429. The first-order valence-corrected chi connectivity index (χ1v) is 6.41. The average Bonchev–Trinajstić information content (AvgIpc) is 2.47. The van der Waals surface area contributed by atoms with Crippen LogP contribution < -0.4 is 0 Å². The lowest BCUT2D eigenvalue weighted by atomic mass is 10.1. The molecule has 0 saturated carbocycles. The van der Waals surface area contributed by atoms with E-state index in [1.54, 1.807) is 13.0 Å². The summed E-state index contributed by atoms with van der Waals surface area (Å²) in [5.74, 6) is -0.330. The predicted molar refractivity (Wildman–Crippen MR) is 75.8 cm³/mol. The molecule has 1 amide bonds. The number of hydrogen-bond donors (Lipinski definition) is 0. The van der Waals surface area contributed by atoms with E-state index in [4.69, 9.17) is 10.00 Å². The number of ether oxygens (including phenoxy) is 1. The van der Waals surface area contributed by atoms with Crippen molar-refractivity contribution < 1.29 is 14.5 Å². The van der Waals surface area contributed by atoms with Crippen LogP contribution in [0.15, 0.2) is 18.2 Å². The Hall–Kier alpha value is -2.46. The van der Waals surface area contributed by atoms with Gasteiger partial charge in [-0.3, -0.25) is 14.9 Å². The van der Waals surface area contributed by atoms with Crippen LogP contribution >= 0.6 is 0 Å². The molecule has 7 heteroatoms. The molecule has 0 spiro atoms. The molecule has 0 fully saturated rings. The monoisotopic (exact) mass is 291 g/mol. The fourth-order valence-corrected chi connectivity index (χ4v) is 1.83. The second-order valence-corrected chi connectivity index (χ2v) is 4.45. The van der Waals surface area contributed by atoms with Crippen molar-refractivity contribution in [3.63, 3.8) is 0 Å². The molecule has 0 bridgehead atoms. The third kappa shape index (κ3) is 4.54. The molecular weight excluding hydrogens is 274 g/mol. The van der Waals surface area contributed by atoms with Crippen molar-refractivity contribution in [2.24, 2.45) is 0 Å². The van der Waals surface area contributed by atoms with E-state index in [1.165, 1.54) is 24.1 Å². The zero-order valence-electron chi connectivity index (χ0n) is 12.0. The van der Waals surface area contributed by atoms with Crippen molar-refractivity contribution in [1.29, 1.82) is 5.26 Å². The summed E-state index contributed by atoms with van der Waals surface area (Å²) in [5, 5.41) is 19.5.